The highest BCUT2D eigenvalue weighted by Gasteiger charge is 2.13. The maximum atomic E-state index is 3.27. The zero-order chi connectivity index (χ0) is 8.27. The third-order valence-corrected chi connectivity index (χ3v) is 2.27. The Balaban J connectivity index is 2.71. The second-order valence-electron chi connectivity index (χ2n) is 3.38. The first-order chi connectivity index (χ1) is 5.25. The van der Waals surface area contributed by atoms with E-state index in [2.05, 4.69) is 37.9 Å². The Hall–Kier alpha value is -0.720. The highest BCUT2D eigenvalue weighted by molar-refractivity contribution is 5.10. The number of aromatic amines is 1. The summed E-state index contributed by atoms with van der Waals surface area (Å²) in [4.78, 5) is 3.27. The van der Waals surface area contributed by atoms with Gasteiger partial charge in [-0.3, -0.25) is 0 Å². The van der Waals surface area contributed by atoms with Crippen LogP contribution in [0.2, 0.25) is 0 Å². The quantitative estimate of drug-likeness (QED) is 0.683. The molecule has 1 nitrogen and oxygen atoms in total. The Bertz CT molecular complexity index is 187. The van der Waals surface area contributed by atoms with E-state index in [1.54, 1.807) is 0 Å². The molecule has 1 unspecified atom stereocenters. The van der Waals surface area contributed by atoms with Crippen molar-refractivity contribution in [2.75, 3.05) is 0 Å². The molecule has 62 valence electrons. The van der Waals surface area contributed by atoms with Crippen LogP contribution in [-0.2, 0) is 0 Å². The average molecular weight is 151 g/mol. The van der Waals surface area contributed by atoms with Crippen molar-refractivity contribution in [3.63, 3.8) is 0 Å². The molecule has 0 fully saturated rings. The molecular formula is C10H17N. The van der Waals surface area contributed by atoms with Crippen LogP contribution in [0.25, 0.3) is 0 Å². The van der Waals surface area contributed by atoms with Crippen LogP contribution in [0.1, 0.15) is 38.8 Å². The molecule has 11 heavy (non-hydrogen) atoms. The molecule has 0 aliphatic heterocycles. The van der Waals surface area contributed by atoms with Gasteiger partial charge in [0.1, 0.15) is 0 Å². The molecule has 1 N–H and O–H groups in total. The number of aromatic nitrogens is 1. The molecule has 1 heteroatoms. The average Bonchev–Trinajstić information content (AvgIpc) is 2.40. The normalized spacial score (nSPS) is 13.8. The number of nitrogens with one attached hydrogen (secondary N) is 1. The Labute approximate surface area is 68.8 Å². The molecule has 1 aromatic heterocycles. The number of hydrogen-bond acceptors (Lipinski definition) is 0. The molecule has 1 aromatic rings. The van der Waals surface area contributed by atoms with E-state index in [0.717, 1.165) is 5.92 Å². The lowest BCUT2D eigenvalue weighted by Crippen LogP contribution is -2.05. The minimum absolute atomic E-state index is 0.699. The first-order valence-corrected chi connectivity index (χ1v) is 4.39. The van der Waals surface area contributed by atoms with E-state index >= 15 is 0 Å². The van der Waals surface area contributed by atoms with Crippen molar-refractivity contribution in [1.82, 2.24) is 4.98 Å². The van der Waals surface area contributed by atoms with Crippen molar-refractivity contribution in [1.29, 1.82) is 0 Å². The molecule has 1 rings (SSSR count). The maximum absolute atomic E-state index is 3.27. The van der Waals surface area contributed by atoms with Gasteiger partial charge in [0.25, 0.3) is 0 Å². The fourth-order valence-corrected chi connectivity index (χ4v) is 1.63. The third-order valence-electron chi connectivity index (χ3n) is 2.27. The smallest absolute Gasteiger partial charge is 0.0181 e. The minimum Gasteiger partial charge on any atom is -0.365 e. The SMILES string of the molecule is CCC(c1ccc[nH]1)C(C)C. The van der Waals surface area contributed by atoms with Gasteiger partial charge in [0.15, 0.2) is 0 Å². The molecule has 1 atom stereocenters. The first-order valence-electron chi connectivity index (χ1n) is 4.39. The van der Waals surface area contributed by atoms with Crippen molar-refractivity contribution in [3.8, 4) is 0 Å². The third kappa shape index (κ3) is 1.86. The summed E-state index contributed by atoms with van der Waals surface area (Å²) in [5, 5.41) is 0. The first kappa shape index (κ1) is 8.38. The summed E-state index contributed by atoms with van der Waals surface area (Å²) in [6, 6.07) is 4.24. The molecule has 0 saturated heterocycles. The van der Waals surface area contributed by atoms with E-state index in [-0.39, 0.29) is 0 Å². The molecule has 0 aliphatic carbocycles. The molecule has 0 radical (unpaired) electrons. The second-order valence-corrected chi connectivity index (χ2v) is 3.38. The van der Waals surface area contributed by atoms with Crippen LogP contribution in [0, 0.1) is 5.92 Å². The molecule has 0 spiro atoms. The second kappa shape index (κ2) is 3.61. The van der Waals surface area contributed by atoms with Gasteiger partial charge >= 0.3 is 0 Å². The van der Waals surface area contributed by atoms with Gasteiger partial charge in [-0.1, -0.05) is 20.8 Å². The van der Waals surface area contributed by atoms with Crippen LogP contribution in [0.4, 0.5) is 0 Å². The van der Waals surface area contributed by atoms with Crippen LogP contribution >= 0.6 is 0 Å². The van der Waals surface area contributed by atoms with Crippen molar-refractivity contribution < 1.29 is 0 Å². The fourth-order valence-electron chi connectivity index (χ4n) is 1.63. The predicted octanol–water partition coefficient (Wildman–Crippen LogP) is 3.16. The Morgan fingerprint density at radius 3 is 2.55 bits per heavy atom. The zero-order valence-corrected chi connectivity index (χ0v) is 7.59. The van der Waals surface area contributed by atoms with Gasteiger partial charge in [-0.05, 0) is 24.5 Å². The topological polar surface area (TPSA) is 15.8 Å². The molecule has 0 amide bonds. The van der Waals surface area contributed by atoms with Crippen molar-refractivity contribution in [2.45, 2.75) is 33.1 Å². The Morgan fingerprint density at radius 1 is 1.45 bits per heavy atom. The van der Waals surface area contributed by atoms with Gasteiger partial charge in [-0.2, -0.15) is 0 Å². The Morgan fingerprint density at radius 2 is 2.18 bits per heavy atom. The summed E-state index contributed by atoms with van der Waals surface area (Å²) in [6.45, 7) is 6.79. The van der Waals surface area contributed by atoms with Crippen molar-refractivity contribution >= 4 is 0 Å². The monoisotopic (exact) mass is 151 g/mol. The van der Waals surface area contributed by atoms with Gasteiger partial charge in [0.05, 0.1) is 0 Å². The summed E-state index contributed by atoms with van der Waals surface area (Å²) in [6.07, 6.45) is 3.22. The molecule has 0 saturated carbocycles. The summed E-state index contributed by atoms with van der Waals surface area (Å²) in [5.74, 6) is 1.43. The van der Waals surface area contributed by atoms with E-state index in [4.69, 9.17) is 0 Å². The van der Waals surface area contributed by atoms with E-state index in [0.29, 0.717) is 5.92 Å². The van der Waals surface area contributed by atoms with Crippen molar-refractivity contribution in [3.05, 3.63) is 24.0 Å². The standard InChI is InChI=1S/C10H17N/c1-4-9(8(2)3)10-6-5-7-11-10/h5-9,11H,4H2,1-3H3. The molecule has 0 bridgehead atoms. The molecule has 1 heterocycles. The summed E-state index contributed by atoms with van der Waals surface area (Å²) >= 11 is 0. The lowest BCUT2D eigenvalue weighted by molar-refractivity contribution is 0.477. The summed E-state index contributed by atoms with van der Waals surface area (Å²) < 4.78 is 0. The van der Waals surface area contributed by atoms with E-state index in [1.165, 1.54) is 12.1 Å². The highest BCUT2D eigenvalue weighted by atomic mass is 14.7. The summed E-state index contributed by atoms with van der Waals surface area (Å²) in [7, 11) is 0. The number of hydrogen-bond donors (Lipinski definition) is 1. The van der Waals surface area contributed by atoms with E-state index in [1.807, 2.05) is 6.20 Å². The fraction of sp³-hybridized carbons (Fsp3) is 0.600. The van der Waals surface area contributed by atoms with Gasteiger partial charge in [-0.15, -0.1) is 0 Å². The van der Waals surface area contributed by atoms with E-state index in [9.17, 15) is 0 Å². The number of rotatable bonds is 3. The number of H-pyrrole nitrogens is 1. The zero-order valence-electron chi connectivity index (χ0n) is 7.59. The van der Waals surface area contributed by atoms with Gasteiger partial charge in [0.2, 0.25) is 0 Å². The minimum atomic E-state index is 0.699. The largest absolute Gasteiger partial charge is 0.365 e. The maximum Gasteiger partial charge on any atom is 0.0181 e. The Kier molecular flexibility index (Phi) is 2.75. The lowest BCUT2D eigenvalue weighted by atomic mass is 9.90. The highest BCUT2D eigenvalue weighted by Crippen LogP contribution is 2.25. The van der Waals surface area contributed by atoms with Crippen LogP contribution in [0.15, 0.2) is 18.3 Å². The molecule has 0 aromatic carbocycles. The van der Waals surface area contributed by atoms with Crippen LogP contribution in [0.5, 0.6) is 0 Å². The van der Waals surface area contributed by atoms with Crippen LogP contribution in [0.3, 0.4) is 0 Å². The van der Waals surface area contributed by atoms with Crippen LogP contribution in [-0.4, -0.2) is 4.98 Å². The van der Waals surface area contributed by atoms with E-state index < -0.39 is 0 Å². The lowest BCUT2D eigenvalue weighted by Gasteiger charge is -2.17. The summed E-state index contributed by atoms with van der Waals surface area (Å²) in [5.41, 5.74) is 1.38. The van der Waals surface area contributed by atoms with Gasteiger partial charge in [-0.25, -0.2) is 0 Å². The molecular weight excluding hydrogens is 134 g/mol. The van der Waals surface area contributed by atoms with Crippen LogP contribution < -0.4 is 0 Å². The van der Waals surface area contributed by atoms with Crippen molar-refractivity contribution in [2.24, 2.45) is 5.92 Å². The van der Waals surface area contributed by atoms with Gasteiger partial charge < -0.3 is 4.98 Å². The predicted molar refractivity (Wildman–Crippen MR) is 48.7 cm³/mol. The molecule has 0 aliphatic rings. The van der Waals surface area contributed by atoms with Gasteiger partial charge in [0, 0.05) is 17.8 Å².